The van der Waals surface area contributed by atoms with Gasteiger partial charge in [-0.3, -0.25) is 10.1 Å². The number of carbonyl (C=O) groups is 2. The third-order valence-electron chi connectivity index (χ3n) is 2.16. The van der Waals surface area contributed by atoms with Gasteiger partial charge in [0.25, 0.3) is 0 Å². The van der Waals surface area contributed by atoms with Gasteiger partial charge in [-0.1, -0.05) is 23.7 Å². The molecule has 0 heterocycles. The second kappa shape index (κ2) is 7.55. The monoisotopic (exact) mass is 314 g/mol. The van der Waals surface area contributed by atoms with Crippen molar-refractivity contribution in [1.29, 1.82) is 0 Å². The fourth-order valence-corrected chi connectivity index (χ4v) is 2.29. The van der Waals surface area contributed by atoms with Gasteiger partial charge in [-0.25, -0.2) is 4.79 Å². The molecule has 0 atom stereocenters. The second-order valence-electron chi connectivity index (χ2n) is 5.37. The Balaban J connectivity index is 2.26. The van der Waals surface area contributed by atoms with E-state index in [0.717, 1.165) is 5.56 Å². The van der Waals surface area contributed by atoms with E-state index in [1.807, 2.05) is 45.0 Å². The van der Waals surface area contributed by atoms with Crippen LogP contribution in [0.25, 0.3) is 0 Å². The van der Waals surface area contributed by atoms with E-state index in [9.17, 15) is 9.59 Å². The summed E-state index contributed by atoms with van der Waals surface area (Å²) in [5, 5.41) is 5.66. The number of benzene rings is 1. The molecule has 0 aliphatic heterocycles. The number of hydrogen-bond donors (Lipinski definition) is 2. The maximum absolute atomic E-state index is 11.6. The first kappa shape index (κ1) is 16.9. The molecule has 0 aliphatic carbocycles. The first-order valence-corrected chi connectivity index (χ1v) is 7.74. The second-order valence-corrected chi connectivity index (χ2v) is 6.79. The Morgan fingerprint density at radius 1 is 1.20 bits per heavy atom. The number of carbonyl (C=O) groups excluding carboxylic acids is 2. The lowest BCUT2D eigenvalue weighted by atomic mass is 10.1. The highest BCUT2D eigenvalue weighted by atomic mass is 35.5. The molecule has 3 amide bonds. The third-order valence-corrected chi connectivity index (χ3v) is 3.41. The van der Waals surface area contributed by atoms with E-state index < -0.39 is 6.03 Å². The van der Waals surface area contributed by atoms with Gasteiger partial charge >= 0.3 is 6.03 Å². The Morgan fingerprint density at radius 2 is 1.80 bits per heavy atom. The van der Waals surface area contributed by atoms with Crippen LogP contribution in [0.4, 0.5) is 4.79 Å². The first-order chi connectivity index (χ1) is 9.26. The van der Waals surface area contributed by atoms with Crippen LogP contribution in [0.15, 0.2) is 24.3 Å². The maximum atomic E-state index is 11.6. The Labute approximate surface area is 128 Å². The minimum absolute atomic E-state index is 0.236. The van der Waals surface area contributed by atoms with Crippen molar-refractivity contribution in [3.63, 3.8) is 0 Å². The number of imide groups is 1. The van der Waals surface area contributed by atoms with Crippen molar-refractivity contribution in [2.24, 2.45) is 0 Å². The van der Waals surface area contributed by atoms with Crippen LogP contribution in [-0.4, -0.2) is 23.2 Å². The number of halogens is 1. The molecular weight excluding hydrogens is 296 g/mol. The smallest absolute Gasteiger partial charge is 0.321 e. The molecule has 0 unspecified atom stereocenters. The molecule has 1 aromatic rings. The van der Waals surface area contributed by atoms with Crippen molar-refractivity contribution in [2.75, 3.05) is 5.75 Å². The van der Waals surface area contributed by atoms with Gasteiger partial charge in [0.2, 0.25) is 5.91 Å². The van der Waals surface area contributed by atoms with Crippen LogP contribution in [-0.2, 0) is 10.5 Å². The summed E-state index contributed by atoms with van der Waals surface area (Å²) in [5.41, 5.74) is 0.729. The maximum Gasteiger partial charge on any atom is 0.321 e. The minimum Gasteiger partial charge on any atom is -0.333 e. The molecule has 1 aromatic carbocycles. The van der Waals surface area contributed by atoms with Crippen LogP contribution in [0.1, 0.15) is 26.3 Å². The molecule has 0 radical (unpaired) electrons. The minimum atomic E-state index is -0.463. The normalized spacial score (nSPS) is 11.0. The van der Waals surface area contributed by atoms with Gasteiger partial charge in [-0.15, -0.1) is 11.8 Å². The molecule has 1 rings (SSSR count). The fraction of sp³-hybridized carbons (Fsp3) is 0.429. The van der Waals surface area contributed by atoms with E-state index in [1.165, 1.54) is 11.8 Å². The SMILES string of the molecule is CC(C)(C)NC(=O)NC(=O)CSCc1ccc(Cl)cc1. The van der Waals surface area contributed by atoms with E-state index in [-0.39, 0.29) is 17.2 Å². The average Bonchev–Trinajstić information content (AvgIpc) is 2.29. The van der Waals surface area contributed by atoms with E-state index >= 15 is 0 Å². The zero-order valence-corrected chi connectivity index (χ0v) is 13.4. The zero-order valence-electron chi connectivity index (χ0n) is 11.8. The number of hydrogen-bond acceptors (Lipinski definition) is 3. The van der Waals surface area contributed by atoms with Crippen LogP contribution in [0.2, 0.25) is 5.02 Å². The lowest BCUT2D eigenvalue weighted by molar-refractivity contribution is -0.117. The number of nitrogens with one attached hydrogen (secondary N) is 2. The summed E-state index contributed by atoms with van der Waals surface area (Å²) >= 11 is 7.24. The van der Waals surface area contributed by atoms with Crippen molar-refractivity contribution >= 4 is 35.3 Å². The molecule has 0 spiro atoms. The largest absolute Gasteiger partial charge is 0.333 e. The van der Waals surface area contributed by atoms with Gasteiger partial charge in [0.15, 0.2) is 0 Å². The van der Waals surface area contributed by atoms with Gasteiger partial charge in [0, 0.05) is 16.3 Å². The highest BCUT2D eigenvalue weighted by molar-refractivity contribution is 7.99. The van der Waals surface area contributed by atoms with Crippen molar-refractivity contribution in [3.8, 4) is 0 Å². The topological polar surface area (TPSA) is 58.2 Å². The van der Waals surface area contributed by atoms with Crippen LogP contribution in [0, 0.1) is 0 Å². The summed E-state index contributed by atoms with van der Waals surface area (Å²) in [4.78, 5) is 23.0. The quantitative estimate of drug-likeness (QED) is 0.897. The summed E-state index contributed by atoms with van der Waals surface area (Å²) in [6.07, 6.45) is 0. The molecule has 4 nitrogen and oxygen atoms in total. The Morgan fingerprint density at radius 3 is 2.35 bits per heavy atom. The van der Waals surface area contributed by atoms with Gasteiger partial charge in [-0.05, 0) is 38.5 Å². The summed E-state index contributed by atoms with van der Waals surface area (Å²) in [7, 11) is 0. The summed E-state index contributed by atoms with van der Waals surface area (Å²) < 4.78 is 0. The predicted octanol–water partition coefficient (Wildman–Crippen LogP) is 3.20. The summed E-state index contributed by atoms with van der Waals surface area (Å²) in [6.45, 7) is 5.56. The molecule has 0 fully saturated rings. The van der Waals surface area contributed by atoms with E-state index in [2.05, 4.69) is 10.6 Å². The molecule has 20 heavy (non-hydrogen) atoms. The molecule has 0 bridgehead atoms. The van der Waals surface area contributed by atoms with E-state index in [1.54, 1.807) is 0 Å². The number of rotatable bonds is 4. The van der Waals surface area contributed by atoms with Gasteiger partial charge in [0.05, 0.1) is 5.75 Å². The highest BCUT2D eigenvalue weighted by Gasteiger charge is 2.15. The van der Waals surface area contributed by atoms with E-state index in [0.29, 0.717) is 10.8 Å². The molecule has 110 valence electrons. The Hall–Kier alpha value is -1.20. The predicted molar refractivity (Wildman–Crippen MR) is 84.0 cm³/mol. The molecule has 2 N–H and O–H groups in total. The van der Waals surface area contributed by atoms with Crippen molar-refractivity contribution in [1.82, 2.24) is 10.6 Å². The molecule has 0 aromatic heterocycles. The average molecular weight is 315 g/mol. The van der Waals surface area contributed by atoms with Crippen molar-refractivity contribution < 1.29 is 9.59 Å². The van der Waals surface area contributed by atoms with Crippen molar-refractivity contribution in [3.05, 3.63) is 34.9 Å². The van der Waals surface area contributed by atoms with Gasteiger partial charge < -0.3 is 5.32 Å². The standard InChI is InChI=1S/C14H19ClN2O2S/c1-14(2,3)17-13(19)16-12(18)9-20-8-10-4-6-11(15)7-5-10/h4-7H,8-9H2,1-3H3,(H2,16,17,18,19). The Kier molecular flexibility index (Phi) is 6.36. The van der Waals surface area contributed by atoms with Crippen LogP contribution < -0.4 is 10.6 Å². The lowest BCUT2D eigenvalue weighted by Crippen LogP contribution is -2.48. The van der Waals surface area contributed by atoms with Gasteiger partial charge in [-0.2, -0.15) is 0 Å². The van der Waals surface area contributed by atoms with Crippen molar-refractivity contribution in [2.45, 2.75) is 32.1 Å². The van der Waals surface area contributed by atoms with E-state index in [4.69, 9.17) is 11.6 Å². The molecule has 6 heteroatoms. The summed E-state index contributed by atoms with van der Waals surface area (Å²) in [6, 6.07) is 7.00. The fourth-order valence-electron chi connectivity index (χ4n) is 1.38. The number of urea groups is 1. The number of amides is 3. The molecular formula is C14H19ClN2O2S. The Bertz CT molecular complexity index is 469. The van der Waals surface area contributed by atoms with Gasteiger partial charge in [0.1, 0.15) is 0 Å². The lowest BCUT2D eigenvalue weighted by Gasteiger charge is -2.20. The summed E-state index contributed by atoms with van der Waals surface area (Å²) in [5.74, 6) is 0.636. The highest BCUT2D eigenvalue weighted by Crippen LogP contribution is 2.15. The zero-order chi connectivity index (χ0) is 15.2. The number of thioether (sulfide) groups is 1. The van der Waals surface area contributed by atoms with Crippen LogP contribution in [0.5, 0.6) is 0 Å². The molecule has 0 saturated heterocycles. The van der Waals surface area contributed by atoms with Crippen LogP contribution >= 0.6 is 23.4 Å². The molecule has 0 aliphatic rings. The molecule has 0 saturated carbocycles. The first-order valence-electron chi connectivity index (χ1n) is 6.20. The third kappa shape index (κ3) is 7.40. The van der Waals surface area contributed by atoms with Crippen LogP contribution in [0.3, 0.4) is 0 Å².